The molecule has 5 nitrogen and oxygen atoms in total. The molecule has 0 aromatic carbocycles. The first kappa shape index (κ1) is 14.3. The Morgan fingerprint density at radius 2 is 2.00 bits per heavy atom. The fourth-order valence-corrected chi connectivity index (χ4v) is 3.35. The third-order valence-electron chi connectivity index (χ3n) is 4.67. The number of hydrogen-bond acceptors (Lipinski definition) is 3. The van der Waals surface area contributed by atoms with Crippen LogP contribution in [0.2, 0.25) is 0 Å². The van der Waals surface area contributed by atoms with E-state index in [-0.39, 0.29) is 29.8 Å². The van der Waals surface area contributed by atoms with Crippen molar-refractivity contribution in [2.45, 2.75) is 51.1 Å². The Hall–Kier alpha value is -1.10. The second-order valence-electron chi connectivity index (χ2n) is 5.96. The lowest BCUT2D eigenvalue weighted by atomic mass is 9.78. The molecule has 0 radical (unpaired) electrons. The molecule has 1 saturated heterocycles. The Morgan fingerprint density at radius 1 is 1.26 bits per heavy atom. The van der Waals surface area contributed by atoms with Gasteiger partial charge in [0, 0.05) is 25.6 Å². The highest BCUT2D eigenvalue weighted by Gasteiger charge is 2.38. The first-order valence-electron chi connectivity index (χ1n) is 7.32. The molecule has 4 unspecified atom stereocenters. The van der Waals surface area contributed by atoms with Gasteiger partial charge in [0.15, 0.2) is 0 Å². The van der Waals surface area contributed by atoms with E-state index in [1.54, 1.807) is 11.9 Å². The molecule has 0 aromatic rings. The SMILES string of the molecule is CNC(=O)C1CCCN1C(=O)C1CCC(N)C(C)C1. The summed E-state index contributed by atoms with van der Waals surface area (Å²) in [5.41, 5.74) is 6.00. The predicted octanol–water partition coefficient (Wildman–Crippen LogP) is 0.487. The third kappa shape index (κ3) is 2.91. The molecule has 1 saturated carbocycles. The van der Waals surface area contributed by atoms with Crippen molar-refractivity contribution in [3.05, 3.63) is 0 Å². The molecule has 2 amide bonds. The molecule has 0 aromatic heterocycles. The first-order valence-corrected chi connectivity index (χ1v) is 7.32. The maximum Gasteiger partial charge on any atom is 0.242 e. The van der Waals surface area contributed by atoms with Crippen molar-refractivity contribution in [1.29, 1.82) is 0 Å². The molecule has 1 heterocycles. The number of amides is 2. The summed E-state index contributed by atoms with van der Waals surface area (Å²) in [4.78, 5) is 26.2. The molecule has 4 atom stereocenters. The minimum absolute atomic E-state index is 0.0357. The van der Waals surface area contributed by atoms with Crippen LogP contribution in [0, 0.1) is 11.8 Å². The van der Waals surface area contributed by atoms with Crippen molar-refractivity contribution in [2.24, 2.45) is 17.6 Å². The van der Waals surface area contributed by atoms with Gasteiger partial charge in [0.05, 0.1) is 0 Å². The van der Waals surface area contributed by atoms with Crippen molar-refractivity contribution < 1.29 is 9.59 Å². The fraction of sp³-hybridized carbons (Fsp3) is 0.857. The van der Waals surface area contributed by atoms with Gasteiger partial charge in [-0.2, -0.15) is 0 Å². The summed E-state index contributed by atoms with van der Waals surface area (Å²) in [5.74, 6) is 0.570. The second kappa shape index (κ2) is 5.90. The van der Waals surface area contributed by atoms with Crippen molar-refractivity contribution in [1.82, 2.24) is 10.2 Å². The van der Waals surface area contributed by atoms with E-state index in [1.807, 2.05) is 0 Å². The highest BCUT2D eigenvalue weighted by molar-refractivity contribution is 5.89. The number of carbonyl (C=O) groups is 2. The zero-order valence-electron chi connectivity index (χ0n) is 11.9. The van der Waals surface area contributed by atoms with Crippen molar-refractivity contribution in [3.8, 4) is 0 Å². The molecule has 19 heavy (non-hydrogen) atoms. The van der Waals surface area contributed by atoms with E-state index in [9.17, 15) is 9.59 Å². The Bertz CT molecular complexity index is 359. The minimum atomic E-state index is -0.261. The van der Waals surface area contributed by atoms with Crippen molar-refractivity contribution in [2.75, 3.05) is 13.6 Å². The van der Waals surface area contributed by atoms with E-state index in [2.05, 4.69) is 12.2 Å². The topological polar surface area (TPSA) is 75.4 Å². The number of likely N-dealkylation sites (tertiary alicyclic amines) is 1. The van der Waals surface area contributed by atoms with Crippen LogP contribution in [0.3, 0.4) is 0 Å². The molecule has 2 aliphatic rings. The average Bonchev–Trinajstić information content (AvgIpc) is 2.89. The maximum atomic E-state index is 12.6. The van der Waals surface area contributed by atoms with E-state index in [1.165, 1.54) is 0 Å². The van der Waals surface area contributed by atoms with Crippen LogP contribution >= 0.6 is 0 Å². The van der Waals surface area contributed by atoms with E-state index in [4.69, 9.17) is 5.73 Å². The average molecular weight is 267 g/mol. The van der Waals surface area contributed by atoms with Crippen LogP contribution in [-0.2, 0) is 9.59 Å². The normalized spacial score (nSPS) is 35.2. The molecular formula is C14H25N3O2. The number of rotatable bonds is 2. The summed E-state index contributed by atoms with van der Waals surface area (Å²) in [6.07, 6.45) is 4.34. The van der Waals surface area contributed by atoms with Gasteiger partial charge in [-0.1, -0.05) is 6.92 Å². The quantitative estimate of drug-likeness (QED) is 0.764. The number of carbonyl (C=O) groups excluding carboxylic acids is 2. The third-order valence-corrected chi connectivity index (χ3v) is 4.67. The lowest BCUT2D eigenvalue weighted by Gasteiger charge is -2.34. The van der Waals surface area contributed by atoms with Gasteiger partial charge in [-0.15, -0.1) is 0 Å². The molecule has 2 fully saturated rings. The Labute approximate surface area is 114 Å². The molecular weight excluding hydrogens is 242 g/mol. The van der Waals surface area contributed by atoms with Crippen molar-refractivity contribution >= 4 is 11.8 Å². The van der Waals surface area contributed by atoms with Gasteiger partial charge < -0.3 is 16.0 Å². The lowest BCUT2D eigenvalue weighted by Crippen LogP contribution is -2.48. The summed E-state index contributed by atoms with van der Waals surface area (Å²) in [5, 5.41) is 2.66. The van der Waals surface area contributed by atoms with Crippen LogP contribution in [0.25, 0.3) is 0 Å². The Morgan fingerprint density at radius 3 is 2.63 bits per heavy atom. The van der Waals surface area contributed by atoms with Crippen LogP contribution in [0.4, 0.5) is 0 Å². The molecule has 0 spiro atoms. The van der Waals surface area contributed by atoms with Gasteiger partial charge >= 0.3 is 0 Å². The van der Waals surface area contributed by atoms with Crippen molar-refractivity contribution in [3.63, 3.8) is 0 Å². The Kier molecular flexibility index (Phi) is 4.45. The standard InChI is InChI=1S/C14H25N3O2/c1-9-8-10(5-6-11(9)15)14(19)17-7-3-4-12(17)13(18)16-2/h9-12H,3-8,15H2,1-2H3,(H,16,18). The van der Waals surface area contributed by atoms with Crippen LogP contribution in [-0.4, -0.2) is 42.4 Å². The van der Waals surface area contributed by atoms with Gasteiger partial charge in [-0.05, 0) is 38.0 Å². The smallest absolute Gasteiger partial charge is 0.242 e. The predicted molar refractivity (Wildman–Crippen MR) is 73.3 cm³/mol. The van der Waals surface area contributed by atoms with Crippen LogP contribution in [0.1, 0.15) is 39.0 Å². The first-order chi connectivity index (χ1) is 9.04. The zero-order valence-corrected chi connectivity index (χ0v) is 11.9. The van der Waals surface area contributed by atoms with Crippen LogP contribution in [0.5, 0.6) is 0 Å². The largest absolute Gasteiger partial charge is 0.357 e. The highest BCUT2D eigenvalue weighted by atomic mass is 16.2. The number of hydrogen-bond donors (Lipinski definition) is 2. The molecule has 1 aliphatic carbocycles. The molecule has 2 rings (SSSR count). The van der Waals surface area contributed by atoms with E-state index >= 15 is 0 Å². The summed E-state index contributed by atoms with van der Waals surface area (Å²) < 4.78 is 0. The van der Waals surface area contributed by atoms with Gasteiger partial charge in [0.25, 0.3) is 0 Å². The van der Waals surface area contributed by atoms with Crippen LogP contribution < -0.4 is 11.1 Å². The van der Waals surface area contributed by atoms with Gasteiger partial charge in [0.1, 0.15) is 6.04 Å². The molecule has 0 bridgehead atoms. The maximum absolute atomic E-state index is 12.6. The summed E-state index contributed by atoms with van der Waals surface area (Å²) in [6, 6.07) is -0.0410. The summed E-state index contributed by atoms with van der Waals surface area (Å²) in [7, 11) is 1.63. The Balaban J connectivity index is 2.01. The molecule has 3 N–H and O–H groups in total. The van der Waals surface area contributed by atoms with E-state index in [0.717, 1.165) is 32.1 Å². The van der Waals surface area contributed by atoms with E-state index in [0.29, 0.717) is 12.5 Å². The molecule has 1 aliphatic heterocycles. The van der Waals surface area contributed by atoms with Gasteiger partial charge in [0.2, 0.25) is 11.8 Å². The van der Waals surface area contributed by atoms with E-state index < -0.39 is 0 Å². The number of nitrogens with two attached hydrogens (primary N) is 1. The van der Waals surface area contributed by atoms with Gasteiger partial charge in [-0.3, -0.25) is 9.59 Å². The monoisotopic (exact) mass is 267 g/mol. The fourth-order valence-electron chi connectivity index (χ4n) is 3.35. The van der Waals surface area contributed by atoms with Gasteiger partial charge in [-0.25, -0.2) is 0 Å². The highest BCUT2D eigenvalue weighted by Crippen LogP contribution is 2.31. The summed E-state index contributed by atoms with van der Waals surface area (Å²) >= 11 is 0. The molecule has 108 valence electrons. The lowest BCUT2D eigenvalue weighted by molar-refractivity contribution is -0.142. The number of likely N-dealkylation sites (N-methyl/N-ethyl adjacent to an activating group) is 1. The molecule has 5 heteroatoms. The van der Waals surface area contributed by atoms with Crippen LogP contribution in [0.15, 0.2) is 0 Å². The number of nitrogens with zero attached hydrogens (tertiary/aromatic N) is 1. The minimum Gasteiger partial charge on any atom is -0.357 e. The number of nitrogens with one attached hydrogen (secondary N) is 1. The summed E-state index contributed by atoms with van der Waals surface area (Å²) in [6.45, 7) is 2.83. The second-order valence-corrected chi connectivity index (χ2v) is 5.96. The zero-order chi connectivity index (χ0) is 14.0.